The maximum absolute atomic E-state index is 6.10. The van der Waals surface area contributed by atoms with Crippen LogP contribution in [0.1, 0.15) is 5.56 Å². The molecule has 3 heteroatoms. The number of nitrogens with zero attached hydrogens (tertiary/aromatic N) is 2. The number of benzene rings is 1. The fraction of sp³-hybridized carbons (Fsp3) is 0.0476. The molecule has 0 saturated carbocycles. The lowest BCUT2D eigenvalue weighted by molar-refractivity contribution is -0.692. The van der Waals surface area contributed by atoms with Crippen LogP contribution in [0.25, 0.3) is 11.1 Å². The van der Waals surface area contributed by atoms with Crippen molar-refractivity contribution >= 4 is 0 Å². The van der Waals surface area contributed by atoms with Crippen molar-refractivity contribution in [3.05, 3.63) is 97.0 Å². The van der Waals surface area contributed by atoms with Gasteiger partial charge >= 0.3 is 5.88 Å². The topological polar surface area (TPSA) is 26.0 Å². The van der Waals surface area contributed by atoms with Crippen molar-refractivity contribution < 1.29 is 9.30 Å². The van der Waals surface area contributed by atoms with E-state index < -0.39 is 0 Å². The second kappa shape index (κ2) is 6.50. The highest BCUT2D eigenvalue weighted by atomic mass is 16.5. The lowest BCUT2D eigenvalue weighted by atomic mass is 10.2. The fourth-order valence-corrected chi connectivity index (χ4v) is 2.73. The highest BCUT2D eigenvalue weighted by Gasteiger charge is 2.15. The van der Waals surface area contributed by atoms with E-state index in [1.807, 2.05) is 42.6 Å². The van der Waals surface area contributed by atoms with Gasteiger partial charge in [-0.15, -0.1) is 0 Å². The van der Waals surface area contributed by atoms with Crippen LogP contribution in [0.4, 0.5) is 0 Å². The quantitative estimate of drug-likeness (QED) is 0.525. The minimum atomic E-state index is 0.723. The first-order chi connectivity index (χ1) is 11.9. The zero-order chi connectivity index (χ0) is 16.2. The zero-order valence-corrected chi connectivity index (χ0v) is 13.2. The summed E-state index contributed by atoms with van der Waals surface area (Å²) in [5.41, 5.74) is 3.54. The molecular weight excluding hydrogens is 296 g/mol. The summed E-state index contributed by atoms with van der Waals surface area (Å²) in [4.78, 5) is 4.20. The summed E-state index contributed by atoms with van der Waals surface area (Å²) in [7, 11) is 0. The van der Waals surface area contributed by atoms with Gasteiger partial charge in [0.05, 0.1) is 6.20 Å². The standard InChI is InChI=1S/C21H17N2O/c1-3-7-17(8-4-1)16-23-12-11-22-15-21(23)24-20-13-18-9-5-2-6-10-19(18)14-20/h1-15H,16H2/q+1. The van der Waals surface area contributed by atoms with Gasteiger partial charge in [-0.1, -0.05) is 60.7 Å². The van der Waals surface area contributed by atoms with Crippen LogP contribution in [0, 0.1) is 0 Å². The smallest absolute Gasteiger partial charge is 0.392 e. The van der Waals surface area contributed by atoms with Crippen LogP contribution in [-0.2, 0) is 6.54 Å². The molecule has 1 aromatic heterocycles. The summed E-state index contributed by atoms with van der Waals surface area (Å²) >= 11 is 0. The molecule has 2 aliphatic rings. The first-order valence-corrected chi connectivity index (χ1v) is 7.92. The van der Waals surface area contributed by atoms with Crippen LogP contribution in [0.2, 0.25) is 0 Å². The largest absolute Gasteiger partial charge is 0.404 e. The summed E-state index contributed by atoms with van der Waals surface area (Å²) in [6.07, 6.45) is 5.46. The van der Waals surface area contributed by atoms with Crippen molar-refractivity contribution in [3.63, 3.8) is 0 Å². The lowest BCUT2D eigenvalue weighted by Crippen LogP contribution is -2.35. The van der Waals surface area contributed by atoms with Gasteiger partial charge in [-0.3, -0.25) is 0 Å². The van der Waals surface area contributed by atoms with E-state index in [1.54, 1.807) is 12.4 Å². The average molecular weight is 313 g/mol. The normalized spacial score (nSPS) is 10.7. The van der Waals surface area contributed by atoms with Gasteiger partial charge in [0.15, 0.2) is 12.7 Å². The molecular formula is C21H17N2O+. The Hall–Kier alpha value is -3.20. The molecule has 24 heavy (non-hydrogen) atoms. The molecule has 0 N–H and O–H groups in total. The van der Waals surface area contributed by atoms with Crippen LogP contribution in [-0.4, -0.2) is 4.98 Å². The second-order valence-electron chi connectivity index (χ2n) is 5.64. The van der Waals surface area contributed by atoms with Crippen LogP contribution in [0.15, 0.2) is 91.4 Å². The van der Waals surface area contributed by atoms with Gasteiger partial charge < -0.3 is 4.74 Å². The molecule has 0 saturated heterocycles. The van der Waals surface area contributed by atoms with Crippen molar-refractivity contribution in [1.82, 2.24) is 4.98 Å². The minimum Gasteiger partial charge on any atom is -0.404 e. The monoisotopic (exact) mass is 313 g/mol. The maximum Gasteiger partial charge on any atom is 0.392 e. The predicted octanol–water partition coefficient (Wildman–Crippen LogP) is 4.31. The molecule has 0 radical (unpaired) electrons. The van der Waals surface area contributed by atoms with Gasteiger partial charge in [-0.25, -0.2) is 4.98 Å². The van der Waals surface area contributed by atoms with Gasteiger partial charge in [0.2, 0.25) is 0 Å². The summed E-state index contributed by atoms with van der Waals surface area (Å²) < 4.78 is 8.15. The zero-order valence-electron chi connectivity index (χ0n) is 13.2. The molecule has 4 rings (SSSR count). The molecule has 0 unspecified atom stereocenters. The van der Waals surface area contributed by atoms with E-state index in [9.17, 15) is 0 Å². The summed E-state index contributed by atoms with van der Waals surface area (Å²) in [6, 6.07) is 24.7. The Morgan fingerprint density at radius 2 is 1.50 bits per heavy atom. The average Bonchev–Trinajstić information content (AvgIpc) is 2.86. The van der Waals surface area contributed by atoms with E-state index in [4.69, 9.17) is 4.74 Å². The summed E-state index contributed by atoms with van der Waals surface area (Å²) in [5, 5.41) is 0. The predicted molar refractivity (Wildman–Crippen MR) is 93.1 cm³/mol. The highest BCUT2D eigenvalue weighted by molar-refractivity contribution is 5.70. The van der Waals surface area contributed by atoms with Crippen LogP contribution in [0.5, 0.6) is 11.6 Å². The summed E-state index contributed by atoms with van der Waals surface area (Å²) in [5.74, 6) is 1.55. The number of aromatic nitrogens is 2. The van der Waals surface area contributed by atoms with Gasteiger partial charge in [0.1, 0.15) is 11.9 Å². The van der Waals surface area contributed by atoms with E-state index in [-0.39, 0.29) is 0 Å². The highest BCUT2D eigenvalue weighted by Crippen LogP contribution is 2.31. The third kappa shape index (κ3) is 3.10. The molecule has 0 atom stereocenters. The number of fused-ring (bicyclic) bond motifs is 1. The Labute approximate surface area is 141 Å². The second-order valence-corrected chi connectivity index (χ2v) is 5.64. The Kier molecular flexibility index (Phi) is 3.90. The van der Waals surface area contributed by atoms with Crippen molar-refractivity contribution in [3.8, 4) is 22.8 Å². The first kappa shape index (κ1) is 14.4. The Morgan fingerprint density at radius 3 is 2.21 bits per heavy atom. The van der Waals surface area contributed by atoms with Crippen LogP contribution >= 0.6 is 0 Å². The molecule has 1 aromatic carbocycles. The van der Waals surface area contributed by atoms with E-state index in [1.165, 1.54) is 5.56 Å². The fourth-order valence-electron chi connectivity index (χ4n) is 2.73. The van der Waals surface area contributed by atoms with Crippen molar-refractivity contribution in [1.29, 1.82) is 0 Å². The third-order valence-electron chi connectivity index (χ3n) is 3.92. The van der Waals surface area contributed by atoms with Crippen molar-refractivity contribution in [2.45, 2.75) is 6.54 Å². The number of rotatable bonds is 4. The van der Waals surface area contributed by atoms with Crippen LogP contribution in [0.3, 0.4) is 0 Å². The molecule has 0 fully saturated rings. The molecule has 3 nitrogen and oxygen atoms in total. The third-order valence-corrected chi connectivity index (χ3v) is 3.92. The van der Waals surface area contributed by atoms with E-state index in [2.05, 4.69) is 45.9 Å². The molecule has 0 aliphatic heterocycles. The SMILES string of the molecule is c1ccc(C[n+]2ccncc2Oc2cc3cccccc-3c2)cc1. The van der Waals surface area contributed by atoms with Crippen LogP contribution < -0.4 is 9.30 Å². The molecule has 0 amide bonds. The van der Waals surface area contributed by atoms with Gasteiger partial charge in [-0.2, -0.15) is 4.57 Å². The Morgan fingerprint density at radius 1 is 0.833 bits per heavy atom. The lowest BCUT2D eigenvalue weighted by Gasteiger charge is -2.03. The number of hydrogen-bond acceptors (Lipinski definition) is 2. The molecule has 0 spiro atoms. The number of ether oxygens (including phenoxy) is 1. The number of hydrogen-bond donors (Lipinski definition) is 0. The Bertz CT molecular complexity index is 891. The molecule has 1 heterocycles. The van der Waals surface area contributed by atoms with Crippen molar-refractivity contribution in [2.75, 3.05) is 0 Å². The molecule has 116 valence electrons. The molecule has 0 bridgehead atoms. The van der Waals surface area contributed by atoms with Gasteiger partial charge in [-0.05, 0) is 23.3 Å². The minimum absolute atomic E-state index is 0.723. The molecule has 2 aliphatic carbocycles. The Balaban J connectivity index is 1.64. The first-order valence-electron chi connectivity index (χ1n) is 7.92. The maximum atomic E-state index is 6.10. The van der Waals surface area contributed by atoms with E-state index in [0.717, 1.165) is 29.3 Å². The van der Waals surface area contributed by atoms with Crippen molar-refractivity contribution in [2.24, 2.45) is 0 Å². The molecule has 2 aromatic rings. The summed E-state index contributed by atoms with van der Waals surface area (Å²) in [6.45, 7) is 0.744. The van der Waals surface area contributed by atoms with Gasteiger partial charge in [0, 0.05) is 5.56 Å². The van der Waals surface area contributed by atoms with Gasteiger partial charge in [0.25, 0.3) is 0 Å². The van der Waals surface area contributed by atoms with E-state index in [0.29, 0.717) is 0 Å². The van der Waals surface area contributed by atoms with E-state index >= 15 is 0 Å².